The van der Waals surface area contributed by atoms with Gasteiger partial charge in [-0.25, -0.2) is 0 Å². The van der Waals surface area contributed by atoms with Crippen LogP contribution in [0.25, 0.3) is 0 Å². The van der Waals surface area contributed by atoms with Gasteiger partial charge in [0, 0.05) is 21.9 Å². The van der Waals surface area contributed by atoms with Crippen LogP contribution in [-0.2, 0) is 6.54 Å². The lowest BCUT2D eigenvalue weighted by molar-refractivity contribution is -0.386. The molecule has 0 fully saturated rings. The molecular weight excluding hydrogens is 358 g/mol. The second kappa shape index (κ2) is 6.41. The number of nitrogens with one attached hydrogen (secondary N) is 1. The summed E-state index contributed by atoms with van der Waals surface area (Å²) in [6.45, 7) is 3.81. The summed E-state index contributed by atoms with van der Waals surface area (Å²) in [5.74, 6) is 0. The molecule has 0 bridgehead atoms. The van der Waals surface area contributed by atoms with E-state index in [9.17, 15) is 10.1 Å². The Bertz CT molecular complexity index is 707. The summed E-state index contributed by atoms with van der Waals surface area (Å²) in [4.78, 5) is 15.0. The molecule has 1 heterocycles. The number of aromatic nitrogens is 1. The molecule has 1 aromatic carbocycles. The number of nitro groups is 1. The van der Waals surface area contributed by atoms with Crippen LogP contribution in [0, 0.1) is 24.0 Å². The van der Waals surface area contributed by atoms with Gasteiger partial charge in [-0.2, -0.15) is 0 Å². The Morgan fingerprint density at radius 1 is 1.43 bits per heavy atom. The first-order valence-electron chi connectivity index (χ1n) is 6.18. The van der Waals surface area contributed by atoms with Crippen LogP contribution in [0.4, 0.5) is 11.4 Å². The molecule has 0 saturated carbocycles. The molecule has 0 amide bonds. The minimum absolute atomic E-state index is 0.124. The molecule has 110 valence electrons. The predicted molar refractivity (Wildman–Crippen MR) is 86.8 cm³/mol. The van der Waals surface area contributed by atoms with Crippen molar-refractivity contribution < 1.29 is 4.92 Å². The third kappa shape index (κ3) is 3.51. The van der Waals surface area contributed by atoms with Gasteiger partial charge in [-0.3, -0.25) is 15.1 Å². The van der Waals surface area contributed by atoms with Crippen molar-refractivity contribution in [1.29, 1.82) is 0 Å². The van der Waals surface area contributed by atoms with Crippen LogP contribution >= 0.6 is 27.5 Å². The second-order valence-electron chi connectivity index (χ2n) is 4.60. The Labute approximate surface area is 135 Å². The maximum Gasteiger partial charge on any atom is 0.278 e. The first-order valence-corrected chi connectivity index (χ1v) is 7.35. The number of aryl methyl sites for hydroxylation is 1. The fourth-order valence-electron chi connectivity index (χ4n) is 2.02. The number of nitrogens with zero attached hydrogens (tertiary/aromatic N) is 2. The van der Waals surface area contributed by atoms with Crippen LogP contribution < -0.4 is 5.32 Å². The standard InChI is InChI=1S/C14H13BrClN3O2/c1-8-6-18-13(9(2)14(8)19(20)21)7-17-10-3-4-12(16)11(15)5-10/h3-6,17H,7H2,1-2H3. The van der Waals surface area contributed by atoms with Crippen molar-refractivity contribution in [2.24, 2.45) is 0 Å². The lowest BCUT2D eigenvalue weighted by atomic mass is 10.1. The zero-order valence-electron chi connectivity index (χ0n) is 11.5. The molecule has 1 N–H and O–H groups in total. The Morgan fingerprint density at radius 3 is 2.76 bits per heavy atom. The van der Waals surface area contributed by atoms with Gasteiger partial charge in [0.05, 0.1) is 27.7 Å². The van der Waals surface area contributed by atoms with Crippen LogP contribution in [0.2, 0.25) is 5.02 Å². The van der Waals surface area contributed by atoms with Crippen molar-refractivity contribution in [1.82, 2.24) is 4.98 Å². The quantitative estimate of drug-likeness (QED) is 0.629. The minimum atomic E-state index is -0.366. The smallest absolute Gasteiger partial charge is 0.278 e. The van der Waals surface area contributed by atoms with E-state index in [-0.39, 0.29) is 10.6 Å². The van der Waals surface area contributed by atoms with Crippen LogP contribution in [0.1, 0.15) is 16.8 Å². The monoisotopic (exact) mass is 369 g/mol. The van der Waals surface area contributed by atoms with Gasteiger partial charge in [-0.05, 0) is 48.0 Å². The summed E-state index contributed by atoms with van der Waals surface area (Å²) in [6, 6.07) is 5.46. The van der Waals surface area contributed by atoms with Gasteiger partial charge < -0.3 is 5.32 Å². The highest BCUT2D eigenvalue weighted by Gasteiger charge is 2.18. The normalized spacial score (nSPS) is 10.5. The van der Waals surface area contributed by atoms with E-state index in [0.29, 0.717) is 28.4 Å². The lowest BCUT2D eigenvalue weighted by Gasteiger charge is -2.10. The number of halogens is 2. The second-order valence-corrected chi connectivity index (χ2v) is 5.86. The molecule has 1 aromatic heterocycles. The number of hydrogen-bond donors (Lipinski definition) is 1. The zero-order valence-corrected chi connectivity index (χ0v) is 13.8. The molecule has 2 rings (SSSR count). The molecule has 5 nitrogen and oxygen atoms in total. The molecule has 2 aromatic rings. The van der Waals surface area contributed by atoms with E-state index >= 15 is 0 Å². The summed E-state index contributed by atoms with van der Waals surface area (Å²) in [6.07, 6.45) is 1.53. The SMILES string of the molecule is Cc1cnc(CNc2ccc(Cl)c(Br)c2)c(C)c1[N+](=O)[O-]. The first-order chi connectivity index (χ1) is 9.90. The molecule has 7 heteroatoms. The van der Waals surface area contributed by atoms with Crippen LogP contribution in [0.15, 0.2) is 28.9 Å². The summed E-state index contributed by atoms with van der Waals surface area (Å²) < 4.78 is 0.786. The van der Waals surface area contributed by atoms with E-state index in [1.165, 1.54) is 6.20 Å². The van der Waals surface area contributed by atoms with Gasteiger partial charge in [0.2, 0.25) is 0 Å². The number of anilines is 1. The Balaban J connectivity index is 2.22. The van der Waals surface area contributed by atoms with Crippen LogP contribution in [-0.4, -0.2) is 9.91 Å². The van der Waals surface area contributed by atoms with E-state index in [2.05, 4.69) is 26.2 Å². The van der Waals surface area contributed by atoms with Gasteiger partial charge in [0.25, 0.3) is 5.69 Å². The third-order valence-corrected chi connectivity index (χ3v) is 4.35. The molecule has 21 heavy (non-hydrogen) atoms. The molecule has 0 radical (unpaired) electrons. The number of pyridine rings is 1. The average molecular weight is 371 g/mol. The summed E-state index contributed by atoms with van der Waals surface area (Å²) in [5.41, 5.74) is 2.78. The summed E-state index contributed by atoms with van der Waals surface area (Å²) in [7, 11) is 0. The lowest BCUT2D eigenvalue weighted by Crippen LogP contribution is -2.07. The Kier molecular flexibility index (Phi) is 4.80. The maximum atomic E-state index is 11.1. The number of rotatable bonds is 4. The van der Waals surface area contributed by atoms with E-state index < -0.39 is 0 Å². The van der Waals surface area contributed by atoms with Gasteiger partial charge in [-0.1, -0.05) is 11.6 Å². The summed E-state index contributed by atoms with van der Waals surface area (Å²) in [5, 5.41) is 14.9. The minimum Gasteiger partial charge on any atom is -0.379 e. The summed E-state index contributed by atoms with van der Waals surface area (Å²) >= 11 is 9.28. The van der Waals surface area contributed by atoms with Gasteiger partial charge >= 0.3 is 0 Å². The highest BCUT2D eigenvalue weighted by Crippen LogP contribution is 2.27. The van der Waals surface area contributed by atoms with Gasteiger partial charge in [0.1, 0.15) is 0 Å². The van der Waals surface area contributed by atoms with Crippen molar-refractivity contribution in [2.45, 2.75) is 20.4 Å². The molecule has 0 aliphatic heterocycles. The molecular formula is C14H13BrClN3O2. The van der Waals surface area contributed by atoms with E-state index in [0.717, 1.165) is 10.2 Å². The average Bonchev–Trinajstić information content (AvgIpc) is 2.41. The number of benzene rings is 1. The van der Waals surface area contributed by atoms with E-state index in [1.54, 1.807) is 19.9 Å². The molecule has 0 atom stereocenters. The topological polar surface area (TPSA) is 68.1 Å². The number of hydrogen-bond acceptors (Lipinski definition) is 4. The molecule has 0 aliphatic carbocycles. The fraction of sp³-hybridized carbons (Fsp3) is 0.214. The van der Waals surface area contributed by atoms with Crippen LogP contribution in [0.5, 0.6) is 0 Å². The first kappa shape index (κ1) is 15.7. The highest BCUT2D eigenvalue weighted by molar-refractivity contribution is 9.10. The van der Waals surface area contributed by atoms with Gasteiger partial charge in [-0.15, -0.1) is 0 Å². The van der Waals surface area contributed by atoms with E-state index in [4.69, 9.17) is 11.6 Å². The van der Waals surface area contributed by atoms with Crippen molar-refractivity contribution in [2.75, 3.05) is 5.32 Å². The fourth-order valence-corrected chi connectivity index (χ4v) is 2.51. The maximum absolute atomic E-state index is 11.1. The van der Waals surface area contributed by atoms with Crippen molar-refractivity contribution >= 4 is 38.9 Å². The van der Waals surface area contributed by atoms with Crippen LogP contribution in [0.3, 0.4) is 0 Å². The molecule has 0 spiro atoms. The van der Waals surface area contributed by atoms with E-state index in [1.807, 2.05) is 12.1 Å². The van der Waals surface area contributed by atoms with Crippen molar-refractivity contribution in [3.63, 3.8) is 0 Å². The largest absolute Gasteiger partial charge is 0.379 e. The zero-order chi connectivity index (χ0) is 15.6. The molecule has 0 saturated heterocycles. The van der Waals surface area contributed by atoms with Crippen molar-refractivity contribution in [3.05, 3.63) is 60.8 Å². The Hall–Kier alpha value is -1.66. The Morgan fingerprint density at radius 2 is 2.14 bits per heavy atom. The molecule has 0 unspecified atom stereocenters. The predicted octanol–water partition coefficient (Wildman–Crippen LogP) is 4.63. The third-order valence-electron chi connectivity index (χ3n) is 3.14. The van der Waals surface area contributed by atoms with Gasteiger partial charge in [0.15, 0.2) is 0 Å². The highest BCUT2D eigenvalue weighted by atomic mass is 79.9. The van der Waals surface area contributed by atoms with Crippen molar-refractivity contribution in [3.8, 4) is 0 Å². The molecule has 0 aliphatic rings.